The van der Waals surface area contributed by atoms with Gasteiger partial charge < -0.3 is 10.6 Å². The summed E-state index contributed by atoms with van der Waals surface area (Å²) in [4.78, 5) is 0. The minimum Gasteiger partial charge on any atom is -0.359 e. The molecule has 1 aromatic rings. The number of thiocarbonyl (C=S) groups is 2. The summed E-state index contributed by atoms with van der Waals surface area (Å²) in [5.41, 5.74) is 5.23. The molecule has 0 saturated carbocycles. The molecule has 1 aromatic carbocycles. The maximum Gasteiger partial charge on any atom is 0.189 e. The van der Waals surface area contributed by atoms with E-state index in [4.69, 9.17) is 24.4 Å². The van der Waals surface area contributed by atoms with Gasteiger partial charge in [0.05, 0.1) is 6.54 Å². The van der Waals surface area contributed by atoms with Crippen molar-refractivity contribution >= 4 is 40.3 Å². The second-order valence-corrected chi connectivity index (χ2v) is 4.61. The van der Waals surface area contributed by atoms with Crippen LogP contribution in [0.1, 0.15) is 5.56 Å². The lowest BCUT2D eigenvalue weighted by atomic mass is 10.2. The first-order valence-corrected chi connectivity index (χ1v) is 6.16. The molecule has 90 valence electrons. The Morgan fingerprint density at radius 1 is 1.35 bits per heavy atom. The molecule has 1 aliphatic heterocycles. The molecular weight excluding hydrogens is 252 g/mol. The molecule has 0 radical (unpaired) electrons. The highest BCUT2D eigenvalue weighted by molar-refractivity contribution is 7.80. The van der Waals surface area contributed by atoms with Crippen molar-refractivity contribution in [2.45, 2.75) is 6.92 Å². The summed E-state index contributed by atoms with van der Waals surface area (Å²) in [5.74, 6) is 0. The average Bonchev–Trinajstić information content (AvgIpc) is 2.68. The smallest absolute Gasteiger partial charge is 0.189 e. The lowest BCUT2D eigenvalue weighted by molar-refractivity contribution is 0.426. The molecule has 1 fully saturated rings. The zero-order valence-electron chi connectivity index (χ0n) is 9.49. The average molecular weight is 266 g/mol. The highest BCUT2D eigenvalue weighted by Crippen LogP contribution is 2.08. The van der Waals surface area contributed by atoms with Gasteiger partial charge in [-0.25, -0.2) is 0 Å². The number of benzene rings is 1. The van der Waals surface area contributed by atoms with Gasteiger partial charge in [-0.3, -0.25) is 10.4 Å². The van der Waals surface area contributed by atoms with Crippen molar-refractivity contribution in [3.05, 3.63) is 29.8 Å². The van der Waals surface area contributed by atoms with Crippen LogP contribution in [0, 0.1) is 6.92 Å². The number of hydrogen-bond donors (Lipinski definition) is 3. The van der Waals surface area contributed by atoms with Crippen LogP contribution in [0.2, 0.25) is 0 Å². The number of aryl methyl sites for hydroxylation is 1. The van der Waals surface area contributed by atoms with Crippen molar-refractivity contribution in [1.82, 2.24) is 15.8 Å². The fraction of sp³-hybridized carbons (Fsp3) is 0.273. The van der Waals surface area contributed by atoms with Crippen molar-refractivity contribution in [2.75, 3.05) is 18.4 Å². The van der Waals surface area contributed by atoms with Gasteiger partial charge in [0.15, 0.2) is 10.2 Å². The normalized spacial score (nSPS) is 14.4. The van der Waals surface area contributed by atoms with Gasteiger partial charge in [0, 0.05) is 12.2 Å². The van der Waals surface area contributed by atoms with Crippen LogP contribution in [0.3, 0.4) is 0 Å². The predicted molar refractivity (Wildman–Crippen MR) is 77.8 cm³/mol. The van der Waals surface area contributed by atoms with Gasteiger partial charge >= 0.3 is 0 Å². The number of nitrogens with one attached hydrogen (secondary N) is 3. The standard InChI is InChI=1S/C11H14N4S2/c1-8-2-4-9(5-3-8)13-10(16)14-15-7-6-12-11(15)17/h2-5H,6-7H2,1H3,(H,12,17)(H2,13,14,16). The van der Waals surface area contributed by atoms with E-state index in [9.17, 15) is 0 Å². The van der Waals surface area contributed by atoms with Crippen molar-refractivity contribution in [3.8, 4) is 0 Å². The molecule has 17 heavy (non-hydrogen) atoms. The van der Waals surface area contributed by atoms with E-state index < -0.39 is 0 Å². The zero-order chi connectivity index (χ0) is 12.3. The summed E-state index contributed by atoms with van der Waals surface area (Å²) in [6.07, 6.45) is 0. The van der Waals surface area contributed by atoms with Crippen molar-refractivity contribution in [2.24, 2.45) is 0 Å². The molecule has 4 nitrogen and oxygen atoms in total. The summed E-state index contributed by atoms with van der Waals surface area (Å²) in [7, 11) is 0. The molecule has 0 aromatic heterocycles. The summed E-state index contributed by atoms with van der Waals surface area (Å²) < 4.78 is 0. The van der Waals surface area contributed by atoms with Crippen LogP contribution >= 0.6 is 24.4 Å². The second kappa shape index (κ2) is 5.29. The number of anilines is 1. The van der Waals surface area contributed by atoms with E-state index in [-0.39, 0.29) is 0 Å². The van der Waals surface area contributed by atoms with E-state index in [2.05, 4.69) is 23.0 Å². The highest BCUT2D eigenvalue weighted by atomic mass is 32.1. The van der Waals surface area contributed by atoms with Crippen molar-refractivity contribution in [1.29, 1.82) is 0 Å². The minimum atomic E-state index is 0.542. The SMILES string of the molecule is Cc1ccc(NC(=S)NN2CCNC2=S)cc1. The fourth-order valence-corrected chi connectivity index (χ4v) is 1.96. The molecule has 0 amide bonds. The summed E-state index contributed by atoms with van der Waals surface area (Å²) in [6, 6.07) is 8.05. The van der Waals surface area contributed by atoms with Gasteiger partial charge in [0.1, 0.15) is 0 Å². The number of hydrogen-bond acceptors (Lipinski definition) is 2. The Balaban J connectivity index is 1.88. The molecule has 0 unspecified atom stereocenters. The Labute approximate surface area is 111 Å². The van der Waals surface area contributed by atoms with Crippen molar-refractivity contribution in [3.63, 3.8) is 0 Å². The largest absolute Gasteiger partial charge is 0.359 e. The molecule has 0 bridgehead atoms. The van der Waals surface area contributed by atoms with Crippen molar-refractivity contribution < 1.29 is 0 Å². The van der Waals surface area contributed by atoms with Gasteiger partial charge in [0.2, 0.25) is 0 Å². The Morgan fingerprint density at radius 3 is 2.65 bits per heavy atom. The van der Waals surface area contributed by atoms with Crippen LogP contribution < -0.4 is 16.1 Å². The number of rotatable bonds is 2. The molecule has 3 N–H and O–H groups in total. The Morgan fingerprint density at radius 2 is 2.06 bits per heavy atom. The van der Waals surface area contributed by atoms with Crippen LogP contribution in [-0.4, -0.2) is 28.3 Å². The number of nitrogens with zero attached hydrogens (tertiary/aromatic N) is 1. The molecule has 0 aliphatic carbocycles. The minimum absolute atomic E-state index is 0.542. The van der Waals surface area contributed by atoms with E-state index >= 15 is 0 Å². The molecule has 1 saturated heterocycles. The summed E-state index contributed by atoms with van der Waals surface area (Å²) >= 11 is 10.3. The van der Waals surface area contributed by atoms with Gasteiger partial charge in [-0.2, -0.15) is 0 Å². The predicted octanol–water partition coefficient (Wildman–Crippen LogP) is 1.39. The molecule has 1 aliphatic rings. The monoisotopic (exact) mass is 266 g/mol. The highest BCUT2D eigenvalue weighted by Gasteiger charge is 2.16. The molecular formula is C11H14N4S2. The van der Waals surface area contributed by atoms with Gasteiger partial charge in [-0.05, 0) is 43.5 Å². The Hall–Kier alpha value is -1.40. The lowest BCUT2D eigenvalue weighted by Gasteiger charge is -2.20. The molecule has 1 heterocycles. The first-order chi connectivity index (χ1) is 8.15. The van der Waals surface area contributed by atoms with Crippen LogP contribution in [0.5, 0.6) is 0 Å². The zero-order valence-corrected chi connectivity index (χ0v) is 11.1. The third-order valence-corrected chi connectivity index (χ3v) is 2.96. The third-order valence-electron chi connectivity index (χ3n) is 2.40. The number of hydrazine groups is 1. The maximum absolute atomic E-state index is 5.21. The molecule has 2 rings (SSSR count). The van der Waals surface area contributed by atoms with Crippen LogP contribution in [0.15, 0.2) is 24.3 Å². The second-order valence-electron chi connectivity index (χ2n) is 3.82. The first-order valence-electron chi connectivity index (χ1n) is 5.35. The quantitative estimate of drug-likeness (QED) is 0.703. The first kappa shape index (κ1) is 12.1. The van der Waals surface area contributed by atoms with Gasteiger partial charge in [-0.1, -0.05) is 17.7 Å². The third kappa shape index (κ3) is 3.28. The van der Waals surface area contributed by atoms with Crippen LogP contribution in [0.4, 0.5) is 5.69 Å². The fourth-order valence-electron chi connectivity index (χ4n) is 1.50. The van der Waals surface area contributed by atoms with E-state index in [1.54, 1.807) is 0 Å². The Kier molecular flexibility index (Phi) is 3.75. The maximum atomic E-state index is 5.21. The molecule has 0 spiro atoms. The Bertz CT molecular complexity index is 430. The van der Waals surface area contributed by atoms with E-state index in [0.717, 1.165) is 18.8 Å². The lowest BCUT2D eigenvalue weighted by Crippen LogP contribution is -2.45. The molecule has 6 heteroatoms. The van der Waals surface area contributed by atoms with E-state index in [0.29, 0.717) is 10.2 Å². The topological polar surface area (TPSA) is 39.3 Å². The van der Waals surface area contributed by atoms with Gasteiger partial charge in [-0.15, -0.1) is 0 Å². The van der Waals surface area contributed by atoms with E-state index in [1.165, 1.54) is 5.56 Å². The summed E-state index contributed by atoms with van der Waals surface area (Å²) in [6.45, 7) is 3.71. The van der Waals surface area contributed by atoms with Crippen LogP contribution in [0.25, 0.3) is 0 Å². The van der Waals surface area contributed by atoms with E-state index in [1.807, 2.05) is 29.3 Å². The van der Waals surface area contributed by atoms with Crippen LogP contribution in [-0.2, 0) is 0 Å². The summed E-state index contributed by atoms with van der Waals surface area (Å²) in [5, 5.41) is 9.20. The molecule has 0 atom stereocenters. The van der Waals surface area contributed by atoms with Gasteiger partial charge in [0.25, 0.3) is 0 Å².